The molecule has 0 fully saturated rings. The topological polar surface area (TPSA) is 76.1 Å². The number of hydrogen-bond acceptors (Lipinski definition) is 6. The van der Waals surface area contributed by atoms with Crippen LogP contribution in [0.3, 0.4) is 0 Å². The second kappa shape index (κ2) is 7.86. The summed E-state index contributed by atoms with van der Waals surface area (Å²) in [6.07, 6.45) is 0. The van der Waals surface area contributed by atoms with E-state index in [1.54, 1.807) is 18.2 Å². The molecule has 0 aliphatic heterocycles. The smallest absolute Gasteiger partial charge is 0.337 e. The van der Waals surface area contributed by atoms with Crippen LogP contribution in [-0.4, -0.2) is 23.0 Å². The quantitative estimate of drug-likeness (QED) is 0.642. The maximum Gasteiger partial charge on any atom is 0.337 e. The first-order valence-electron chi connectivity index (χ1n) is 8.60. The number of benzene rings is 2. The van der Waals surface area contributed by atoms with E-state index in [1.807, 2.05) is 51.1 Å². The minimum atomic E-state index is -0.380. The molecule has 6 heteroatoms. The molecule has 0 saturated carbocycles. The predicted octanol–water partition coefficient (Wildman–Crippen LogP) is 4.68. The lowest BCUT2D eigenvalue weighted by atomic mass is 10.1. The molecule has 0 aliphatic carbocycles. The highest BCUT2D eigenvalue weighted by Crippen LogP contribution is 2.24. The molecular formula is C21H22N4O2. The van der Waals surface area contributed by atoms with Crippen molar-refractivity contribution >= 4 is 29.1 Å². The Bertz CT molecular complexity index is 965. The number of rotatable bonds is 5. The lowest BCUT2D eigenvalue weighted by Crippen LogP contribution is -2.05. The van der Waals surface area contributed by atoms with Crippen molar-refractivity contribution in [3.63, 3.8) is 0 Å². The van der Waals surface area contributed by atoms with E-state index in [0.29, 0.717) is 17.3 Å². The number of carbonyl (C=O) groups is 1. The lowest BCUT2D eigenvalue weighted by molar-refractivity contribution is 0.0601. The molecule has 0 aliphatic rings. The monoisotopic (exact) mass is 362 g/mol. The standard InChI is InChI=1S/C21H22N4O2/c1-13-7-5-8-14(2)19(13)25-21-22-15(3)11-18(24-21)23-17-10-6-9-16(12-17)20(26)27-4/h5-12H,1-4H3,(H2,22,23,24,25). The van der Waals surface area contributed by atoms with E-state index >= 15 is 0 Å². The van der Waals surface area contributed by atoms with Gasteiger partial charge in [-0.05, 0) is 50.1 Å². The molecule has 0 unspecified atom stereocenters. The number of hydrogen-bond donors (Lipinski definition) is 2. The molecule has 2 N–H and O–H groups in total. The Labute approximate surface area is 158 Å². The van der Waals surface area contributed by atoms with Crippen molar-refractivity contribution in [1.29, 1.82) is 0 Å². The van der Waals surface area contributed by atoms with Crippen molar-refractivity contribution in [3.8, 4) is 0 Å². The fourth-order valence-electron chi connectivity index (χ4n) is 2.80. The van der Waals surface area contributed by atoms with Crippen molar-refractivity contribution in [3.05, 3.63) is 70.9 Å². The Balaban J connectivity index is 1.87. The molecule has 1 heterocycles. The van der Waals surface area contributed by atoms with Gasteiger partial charge in [-0.3, -0.25) is 0 Å². The average molecular weight is 362 g/mol. The Hall–Kier alpha value is -3.41. The fourth-order valence-corrected chi connectivity index (χ4v) is 2.80. The number of nitrogens with zero attached hydrogens (tertiary/aromatic N) is 2. The van der Waals surface area contributed by atoms with Crippen LogP contribution in [0.15, 0.2) is 48.5 Å². The van der Waals surface area contributed by atoms with Gasteiger partial charge in [-0.15, -0.1) is 0 Å². The number of anilines is 4. The highest BCUT2D eigenvalue weighted by Gasteiger charge is 2.09. The number of methoxy groups -OCH3 is 1. The van der Waals surface area contributed by atoms with Gasteiger partial charge in [0, 0.05) is 23.1 Å². The summed E-state index contributed by atoms with van der Waals surface area (Å²) in [6, 6.07) is 15.0. The number of aryl methyl sites for hydroxylation is 3. The molecule has 27 heavy (non-hydrogen) atoms. The number of aromatic nitrogens is 2. The summed E-state index contributed by atoms with van der Waals surface area (Å²) in [4.78, 5) is 20.7. The average Bonchev–Trinajstić information content (AvgIpc) is 2.64. The molecule has 2 aromatic carbocycles. The van der Waals surface area contributed by atoms with Gasteiger partial charge in [-0.2, -0.15) is 4.98 Å². The Morgan fingerprint density at radius 1 is 0.926 bits per heavy atom. The molecule has 0 amide bonds. The lowest BCUT2D eigenvalue weighted by Gasteiger charge is -2.13. The Morgan fingerprint density at radius 3 is 2.33 bits per heavy atom. The maximum absolute atomic E-state index is 11.7. The largest absolute Gasteiger partial charge is 0.465 e. The van der Waals surface area contributed by atoms with Crippen molar-refractivity contribution in [2.24, 2.45) is 0 Å². The van der Waals surface area contributed by atoms with E-state index in [4.69, 9.17) is 4.74 Å². The van der Waals surface area contributed by atoms with Gasteiger partial charge >= 0.3 is 5.97 Å². The zero-order chi connectivity index (χ0) is 19.4. The summed E-state index contributed by atoms with van der Waals surface area (Å²) in [5, 5.41) is 6.53. The predicted molar refractivity (Wildman–Crippen MR) is 107 cm³/mol. The molecular weight excluding hydrogens is 340 g/mol. The fraction of sp³-hybridized carbons (Fsp3) is 0.190. The van der Waals surface area contributed by atoms with E-state index in [1.165, 1.54) is 7.11 Å². The van der Waals surface area contributed by atoms with Gasteiger partial charge in [0.25, 0.3) is 0 Å². The van der Waals surface area contributed by atoms with Crippen LogP contribution >= 0.6 is 0 Å². The zero-order valence-corrected chi connectivity index (χ0v) is 15.8. The van der Waals surface area contributed by atoms with Crippen LogP contribution in [-0.2, 0) is 4.74 Å². The minimum absolute atomic E-state index is 0.380. The van der Waals surface area contributed by atoms with E-state index in [9.17, 15) is 4.79 Å². The normalized spacial score (nSPS) is 10.4. The van der Waals surface area contributed by atoms with Crippen LogP contribution in [0.2, 0.25) is 0 Å². The highest BCUT2D eigenvalue weighted by molar-refractivity contribution is 5.90. The van der Waals surface area contributed by atoms with E-state index < -0.39 is 0 Å². The van der Waals surface area contributed by atoms with Crippen LogP contribution in [0.1, 0.15) is 27.2 Å². The van der Waals surface area contributed by atoms with Gasteiger partial charge in [0.1, 0.15) is 5.82 Å². The molecule has 3 aromatic rings. The molecule has 0 radical (unpaired) electrons. The van der Waals surface area contributed by atoms with Crippen molar-refractivity contribution in [1.82, 2.24) is 9.97 Å². The van der Waals surface area contributed by atoms with Gasteiger partial charge < -0.3 is 15.4 Å². The molecule has 3 rings (SSSR count). The number of carbonyl (C=O) groups excluding carboxylic acids is 1. The Kier molecular flexibility index (Phi) is 5.35. The molecule has 0 spiro atoms. The molecule has 1 aromatic heterocycles. The molecule has 0 saturated heterocycles. The molecule has 0 atom stereocenters. The number of esters is 1. The zero-order valence-electron chi connectivity index (χ0n) is 15.8. The first-order valence-corrected chi connectivity index (χ1v) is 8.60. The van der Waals surface area contributed by atoms with Gasteiger partial charge in [0.2, 0.25) is 5.95 Å². The number of para-hydroxylation sites is 1. The van der Waals surface area contributed by atoms with Crippen LogP contribution in [0, 0.1) is 20.8 Å². The summed E-state index contributed by atoms with van der Waals surface area (Å²) in [6.45, 7) is 6.00. The first kappa shape index (κ1) is 18.4. The van der Waals surface area contributed by atoms with Gasteiger partial charge in [0.05, 0.1) is 12.7 Å². The Morgan fingerprint density at radius 2 is 1.63 bits per heavy atom. The van der Waals surface area contributed by atoms with Gasteiger partial charge in [-0.25, -0.2) is 9.78 Å². The highest BCUT2D eigenvalue weighted by atomic mass is 16.5. The third-order valence-corrected chi connectivity index (χ3v) is 4.13. The third kappa shape index (κ3) is 4.41. The van der Waals surface area contributed by atoms with Gasteiger partial charge in [-0.1, -0.05) is 24.3 Å². The van der Waals surface area contributed by atoms with Gasteiger partial charge in [0.15, 0.2) is 0 Å². The molecule has 138 valence electrons. The van der Waals surface area contributed by atoms with Crippen LogP contribution in [0.4, 0.5) is 23.1 Å². The van der Waals surface area contributed by atoms with Crippen molar-refractivity contribution in [2.75, 3.05) is 17.7 Å². The maximum atomic E-state index is 11.7. The van der Waals surface area contributed by atoms with Crippen LogP contribution < -0.4 is 10.6 Å². The summed E-state index contributed by atoms with van der Waals surface area (Å²) in [5.74, 6) is 0.771. The summed E-state index contributed by atoms with van der Waals surface area (Å²) < 4.78 is 4.77. The SMILES string of the molecule is COC(=O)c1cccc(Nc2cc(C)nc(Nc3c(C)cccc3C)n2)c1. The number of ether oxygens (including phenoxy) is 1. The number of nitrogens with one attached hydrogen (secondary N) is 2. The third-order valence-electron chi connectivity index (χ3n) is 4.13. The summed E-state index contributed by atoms with van der Waals surface area (Å²) in [5.41, 5.74) is 5.30. The molecule has 0 bridgehead atoms. The second-order valence-corrected chi connectivity index (χ2v) is 6.31. The van der Waals surface area contributed by atoms with E-state index in [0.717, 1.165) is 28.2 Å². The summed E-state index contributed by atoms with van der Waals surface area (Å²) >= 11 is 0. The van der Waals surface area contributed by atoms with E-state index in [2.05, 4.69) is 20.6 Å². The first-order chi connectivity index (χ1) is 13.0. The van der Waals surface area contributed by atoms with Crippen molar-refractivity contribution < 1.29 is 9.53 Å². The summed E-state index contributed by atoms with van der Waals surface area (Å²) in [7, 11) is 1.36. The molecule has 6 nitrogen and oxygen atoms in total. The van der Waals surface area contributed by atoms with E-state index in [-0.39, 0.29) is 5.97 Å². The van der Waals surface area contributed by atoms with Crippen molar-refractivity contribution in [2.45, 2.75) is 20.8 Å². The second-order valence-electron chi connectivity index (χ2n) is 6.31. The van der Waals surface area contributed by atoms with Crippen LogP contribution in [0.5, 0.6) is 0 Å². The van der Waals surface area contributed by atoms with Crippen LogP contribution in [0.25, 0.3) is 0 Å². The minimum Gasteiger partial charge on any atom is -0.465 e.